The highest BCUT2D eigenvalue weighted by Gasteiger charge is 2.38. The molecule has 0 amide bonds. The molecule has 0 saturated carbocycles. The van der Waals surface area contributed by atoms with Crippen LogP contribution in [0.25, 0.3) is 0 Å². The van der Waals surface area contributed by atoms with Gasteiger partial charge in [-0.2, -0.15) is 16.7 Å². The van der Waals surface area contributed by atoms with Gasteiger partial charge in [-0.3, -0.25) is 0 Å². The molecule has 0 aliphatic carbocycles. The van der Waals surface area contributed by atoms with Gasteiger partial charge >= 0.3 is 0 Å². The molecule has 2 saturated heterocycles. The number of aromatic nitrogens is 2. The summed E-state index contributed by atoms with van der Waals surface area (Å²) in [5, 5.41) is 7.56. The number of piperidine rings is 1. The van der Waals surface area contributed by atoms with Crippen LogP contribution in [0, 0.1) is 0 Å². The molecule has 0 spiro atoms. The lowest BCUT2D eigenvalue weighted by atomic mass is 9.76. The zero-order chi connectivity index (χ0) is 13.1. The molecule has 3 rings (SSSR count). The molecule has 6 heteroatoms. The fraction of sp³-hybridized carbons (Fsp3) is 0.846. The molecule has 1 N–H and O–H groups in total. The standard InChI is InChI=1S/C13H21N3O2S/c1-2-13(3-5-14-6-4-13)12-15-11(16-18-12)10-9-19-8-7-17-10/h10,14H,2-9H2,1H3. The summed E-state index contributed by atoms with van der Waals surface area (Å²) in [7, 11) is 0. The number of hydrogen-bond donors (Lipinski definition) is 1. The molecule has 106 valence electrons. The van der Waals surface area contributed by atoms with Crippen molar-refractivity contribution in [1.82, 2.24) is 15.5 Å². The molecule has 19 heavy (non-hydrogen) atoms. The van der Waals surface area contributed by atoms with Gasteiger partial charge in [0, 0.05) is 11.5 Å². The normalized spacial score (nSPS) is 27.3. The van der Waals surface area contributed by atoms with Crippen molar-refractivity contribution >= 4 is 11.8 Å². The second-order valence-corrected chi connectivity index (χ2v) is 6.43. The van der Waals surface area contributed by atoms with Gasteiger partial charge in [-0.05, 0) is 32.4 Å². The minimum absolute atomic E-state index is 0.00636. The Hall–Kier alpha value is -0.590. The maximum absolute atomic E-state index is 5.71. The lowest BCUT2D eigenvalue weighted by molar-refractivity contribution is 0.0677. The Balaban J connectivity index is 1.79. The molecule has 5 nitrogen and oxygen atoms in total. The lowest BCUT2D eigenvalue weighted by Crippen LogP contribution is -2.39. The van der Waals surface area contributed by atoms with E-state index in [1.54, 1.807) is 0 Å². The van der Waals surface area contributed by atoms with Crippen LogP contribution in [0.1, 0.15) is 44.0 Å². The first-order valence-corrected chi connectivity index (χ1v) is 8.24. The van der Waals surface area contributed by atoms with Gasteiger partial charge in [-0.25, -0.2) is 0 Å². The average molecular weight is 283 g/mol. The first kappa shape index (κ1) is 13.4. The highest BCUT2D eigenvalue weighted by molar-refractivity contribution is 7.99. The SMILES string of the molecule is CCC1(c2nc(C3CSCCO3)no2)CCNCC1. The van der Waals surface area contributed by atoms with E-state index in [0.717, 1.165) is 62.2 Å². The Bertz CT molecular complexity index is 412. The number of ether oxygens (including phenoxy) is 1. The highest BCUT2D eigenvalue weighted by atomic mass is 32.2. The first-order valence-electron chi connectivity index (χ1n) is 7.08. The van der Waals surface area contributed by atoms with Gasteiger partial charge in [0.15, 0.2) is 0 Å². The van der Waals surface area contributed by atoms with Gasteiger partial charge in [0.05, 0.1) is 12.0 Å². The third kappa shape index (κ3) is 2.66. The van der Waals surface area contributed by atoms with Crippen LogP contribution in [0.15, 0.2) is 4.52 Å². The van der Waals surface area contributed by atoms with E-state index in [9.17, 15) is 0 Å². The molecule has 1 atom stereocenters. The van der Waals surface area contributed by atoms with Crippen LogP contribution in [0.3, 0.4) is 0 Å². The molecule has 1 aromatic rings. The van der Waals surface area contributed by atoms with E-state index in [1.165, 1.54) is 0 Å². The smallest absolute Gasteiger partial charge is 0.233 e. The summed E-state index contributed by atoms with van der Waals surface area (Å²) in [6.07, 6.45) is 3.21. The van der Waals surface area contributed by atoms with Crippen LogP contribution in [0.2, 0.25) is 0 Å². The lowest BCUT2D eigenvalue weighted by Gasteiger charge is -2.33. The summed E-state index contributed by atoms with van der Waals surface area (Å²) in [6.45, 7) is 5.05. The molecule has 0 aromatic carbocycles. The van der Waals surface area contributed by atoms with E-state index in [-0.39, 0.29) is 11.5 Å². The van der Waals surface area contributed by atoms with E-state index < -0.39 is 0 Å². The second kappa shape index (κ2) is 5.81. The van der Waals surface area contributed by atoms with Crippen molar-refractivity contribution in [1.29, 1.82) is 0 Å². The van der Waals surface area contributed by atoms with E-state index >= 15 is 0 Å². The Kier molecular flexibility index (Phi) is 4.10. The second-order valence-electron chi connectivity index (χ2n) is 5.28. The largest absolute Gasteiger partial charge is 0.368 e. The topological polar surface area (TPSA) is 60.2 Å². The van der Waals surface area contributed by atoms with Crippen molar-refractivity contribution in [2.45, 2.75) is 37.7 Å². The maximum Gasteiger partial charge on any atom is 0.233 e. The first-order chi connectivity index (χ1) is 9.34. The monoisotopic (exact) mass is 283 g/mol. The number of nitrogens with one attached hydrogen (secondary N) is 1. The van der Waals surface area contributed by atoms with E-state index in [2.05, 4.69) is 22.4 Å². The summed E-state index contributed by atoms with van der Waals surface area (Å²) in [6, 6.07) is 0. The molecule has 2 aliphatic rings. The van der Waals surface area contributed by atoms with Crippen LogP contribution in [0.4, 0.5) is 0 Å². The van der Waals surface area contributed by atoms with E-state index in [1.807, 2.05) is 11.8 Å². The number of nitrogens with zero attached hydrogens (tertiary/aromatic N) is 2. The molecular formula is C13H21N3O2S. The van der Waals surface area contributed by atoms with Crippen LogP contribution < -0.4 is 5.32 Å². The number of rotatable bonds is 3. The molecule has 2 fully saturated rings. The van der Waals surface area contributed by atoms with Crippen molar-refractivity contribution in [2.75, 3.05) is 31.2 Å². The molecule has 2 aliphatic heterocycles. The number of thioether (sulfide) groups is 1. The summed E-state index contributed by atoms with van der Waals surface area (Å²) in [5.74, 6) is 3.53. The molecule has 0 radical (unpaired) electrons. The van der Waals surface area contributed by atoms with Gasteiger partial charge in [-0.1, -0.05) is 12.1 Å². The average Bonchev–Trinajstić information content (AvgIpc) is 2.99. The molecule has 1 unspecified atom stereocenters. The van der Waals surface area contributed by atoms with Crippen molar-refractivity contribution < 1.29 is 9.26 Å². The maximum atomic E-state index is 5.71. The van der Waals surface area contributed by atoms with Crippen molar-refractivity contribution in [3.63, 3.8) is 0 Å². The van der Waals surface area contributed by atoms with Crippen molar-refractivity contribution in [3.8, 4) is 0 Å². The Labute approximate surface area is 117 Å². The Morgan fingerprint density at radius 2 is 2.26 bits per heavy atom. The van der Waals surface area contributed by atoms with Gasteiger partial charge < -0.3 is 14.6 Å². The summed E-state index contributed by atoms with van der Waals surface area (Å²) >= 11 is 1.89. The fourth-order valence-electron chi connectivity index (χ4n) is 2.84. The minimum atomic E-state index is 0.00636. The van der Waals surface area contributed by atoms with E-state index in [4.69, 9.17) is 9.26 Å². The zero-order valence-electron chi connectivity index (χ0n) is 11.4. The van der Waals surface area contributed by atoms with E-state index in [0.29, 0.717) is 0 Å². The summed E-state index contributed by atoms with van der Waals surface area (Å²) < 4.78 is 11.3. The molecule has 0 bridgehead atoms. The van der Waals surface area contributed by atoms with Gasteiger partial charge in [0.2, 0.25) is 11.7 Å². The number of hydrogen-bond acceptors (Lipinski definition) is 6. The summed E-state index contributed by atoms with van der Waals surface area (Å²) in [5.41, 5.74) is 0.0678. The van der Waals surface area contributed by atoms with Gasteiger partial charge in [0.1, 0.15) is 6.10 Å². The van der Waals surface area contributed by atoms with Crippen molar-refractivity contribution in [3.05, 3.63) is 11.7 Å². The van der Waals surface area contributed by atoms with Crippen LogP contribution in [-0.2, 0) is 10.2 Å². The van der Waals surface area contributed by atoms with Crippen LogP contribution in [0.5, 0.6) is 0 Å². The predicted molar refractivity (Wildman–Crippen MR) is 74.4 cm³/mol. The van der Waals surface area contributed by atoms with Crippen molar-refractivity contribution in [2.24, 2.45) is 0 Å². The minimum Gasteiger partial charge on any atom is -0.368 e. The third-order valence-corrected chi connectivity index (χ3v) is 5.23. The Morgan fingerprint density at radius 1 is 1.42 bits per heavy atom. The summed E-state index contributed by atoms with van der Waals surface area (Å²) in [4.78, 5) is 4.66. The molecular weight excluding hydrogens is 262 g/mol. The zero-order valence-corrected chi connectivity index (χ0v) is 12.2. The quantitative estimate of drug-likeness (QED) is 0.914. The molecule has 3 heterocycles. The van der Waals surface area contributed by atoms with Crippen LogP contribution in [-0.4, -0.2) is 41.3 Å². The molecule has 1 aromatic heterocycles. The third-order valence-electron chi connectivity index (χ3n) is 4.24. The van der Waals surface area contributed by atoms with Gasteiger partial charge in [0.25, 0.3) is 0 Å². The van der Waals surface area contributed by atoms with Crippen LogP contribution >= 0.6 is 11.8 Å². The highest BCUT2D eigenvalue weighted by Crippen LogP contribution is 2.36. The van der Waals surface area contributed by atoms with Gasteiger partial charge in [-0.15, -0.1) is 0 Å². The predicted octanol–water partition coefficient (Wildman–Crippen LogP) is 1.91. The Morgan fingerprint density at radius 3 is 2.95 bits per heavy atom. The fourth-order valence-corrected chi connectivity index (χ4v) is 3.68.